The molecule has 0 bridgehead atoms. The van der Waals surface area contributed by atoms with Crippen LogP contribution in [0.25, 0.3) is 0 Å². The zero-order valence-corrected chi connectivity index (χ0v) is 12.0. The molecule has 0 saturated carbocycles. The van der Waals surface area contributed by atoms with Gasteiger partial charge in [-0.25, -0.2) is 9.07 Å². The van der Waals surface area contributed by atoms with E-state index in [2.05, 4.69) is 10.4 Å². The molecule has 0 radical (unpaired) electrons. The van der Waals surface area contributed by atoms with Gasteiger partial charge in [0.15, 0.2) is 0 Å². The summed E-state index contributed by atoms with van der Waals surface area (Å²) in [6.07, 6.45) is 0.728. The lowest BCUT2D eigenvalue weighted by molar-refractivity contribution is 0.101. The maximum atomic E-state index is 13.0. The number of amides is 1. The van der Waals surface area contributed by atoms with Crippen molar-refractivity contribution < 1.29 is 9.18 Å². The Kier molecular flexibility index (Phi) is 4.70. The van der Waals surface area contributed by atoms with Gasteiger partial charge < -0.3 is 5.32 Å². The Morgan fingerprint density at radius 2 is 2.14 bits per heavy atom. The molecular weight excluding hydrogens is 297 g/mol. The first-order valence-electron chi connectivity index (χ1n) is 6.36. The van der Waals surface area contributed by atoms with E-state index >= 15 is 0 Å². The van der Waals surface area contributed by atoms with Gasteiger partial charge in [0.25, 0.3) is 11.5 Å². The van der Waals surface area contributed by atoms with Crippen molar-refractivity contribution in [1.29, 1.82) is 0 Å². The van der Waals surface area contributed by atoms with Crippen LogP contribution in [0.5, 0.6) is 0 Å². The van der Waals surface area contributed by atoms with Gasteiger partial charge in [0, 0.05) is 18.3 Å². The summed E-state index contributed by atoms with van der Waals surface area (Å²) >= 11 is 5.64. The van der Waals surface area contributed by atoms with Crippen LogP contribution in [-0.4, -0.2) is 15.7 Å². The first kappa shape index (κ1) is 15.2. The number of nitrogens with zero attached hydrogens (tertiary/aromatic N) is 2. The summed E-state index contributed by atoms with van der Waals surface area (Å²) in [5, 5.41) is 6.44. The Bertz CT molecular complexity index is 730. The van der Waals surface area contributed by atoms with Crippen LogP contribution in [0.3, 0.4) is 0 Å². The molecule has 0 saturated heterocycles. The highest BCUT2D eigenvalue weighted by atomic mass is 35.5. The average molecular weight is 310 g/mol. The van der Waals surface area contributed by atoms with Crippen LogP contribution in [0, 0.1) is 5.82 Å². The smallest absolute Gasteiger partial charge is 0.276 e. The molecule has 0 aliphatic rings. The second-order valence-electron chi connectivity index (χ2n) is 4.36. The van der Waals surface area contributed by atoms with Crippen molar-refractivity contribution >= 4 is 23.2 Å². The van der Waals surface area contributed by atoms with Gasteiger partial charge in [-0.15, -0.1) is 0 Å². The minimum Gasteiger partial charge on any atom is -0.321 e. The molecule has 1 aromatic heterocycles. The van der Waals surface area contributed by atoms with E-state index in [-0.39, 0.29) is 16.3 Å². The fourth-order valence-corrected chi connectivity index (χ4v) is 1.89. The van der Waals surface area contributed by atoms with E-state index in [0.29, 0.717) is 12.2 Å². The quantitative estimate of drug-likeness (QED) is 0.944. The average Bonchev–Trinajstić information content (AvgIpc) is 2.45. The number of hydrogen-bond donors (Lipinski definition) is 1. The first-order valence-corrected chi connectivity index (χ1v) is 6.73. The van der Waals surface area contributed by atoms with Crippen molar-refractivity contribution in [2.75, 3.05) is 5.32 Å². The predicted molar refractivity (Wildman–Crippen MR) is 78.2 cm³/mol. The highest BCUT2D eigenvalue weighted by Crippen LogP contribution is 2.19. The molecule has 7 heteroatoms. The molecule has 5 nitrogen and oxygen atoms in total. The van der Waals surface area contributed by atoms with Crippen LogP contribution >= 0.6 is 11.6 Å². The zero-order chi connectivity index (χ0) is 15.4. The number of anilines is 1. The lowest BCUT2D eigenvalue weighted by Gasteiger charge is -2.07. The molecular formula is C14H13ClFN3O2. The van der Waals surface area contributed by atoms with Crippen molar-refractivity contribution in [1.82, 2.24) is 9.78 Å². The molecule has 0 fully saturated rings. The Balaban J connectivity index is 2.21. The van der Waals surface area contributed by atoms with Crippen LogP contribution < -0.4 is 10.9 Å². The van der Waals surface area contributed by atoms with Gasteiger partial charge in [-0.2, -0.15) is 5.10 Å². The molecule has 0 atom stereocenters. The van der Waals surface area contributed by atoms with Crippen molar-refractivity contribution in [3.63, 3.8) is 0 Å². The number of rotatable bonds is 4. The fraction of sp³-hybridized carbons (Fsp3) is 0.214. The molecule has 0 unspecified atom stereocenters. The highest BCUT2D eigenvalue weighted by molar-refractivity contribution is 6.31. The van der Waals surface area contributed by atoms with E-state index in [1.807, 2.05) is 6.92 Å². The fourth-order valence-electron chi connectivity index (χ4n) is 1.71. The number of carbonyl (C=O) groups excluding carboxylic acids is 1. The Morgan fingerprint density at radius 1 is 1.38 bits per heavy atom. The van der Waals surface area contributed by atoms with Gasteiger partial charge in [-0.1, -0.05) is 18.5 Å². The monoisotopic (exact) mass is 309 g/mol. The first-order chi connectivity index (χ1) is 10.0. The van der Waals surface area contributed by atoms with Crippen molar-refractivity contribution in [3.05, 3.63) is 57.2 Å². The number of aryl methyl sites for hydroxylation is 1. The third-order valence-corrected chi connectivity index (χ3v) is 3.00. The Morgan fingerprint density at radius 3 is 2.81 bits per heavy atom. The number of halogens is 2. The van der Waals surface area contributed by atoms with Crippen LogP contribution in [0.15, 0.2) is 35.1 Å². The highest BCUT2D eigenvalue weighted by Gasteiger charge is 2.11. The molecule has 0 spiro atoms. The molecule has 2 rings (SSSR count). The molecule has 1 aromatic carbocycles. The molecule has 1 N–H and O–H groups in total. The van der Waals surface area contributed by atoms with E-state index in [1.54, 1.807) is 0 Å². The number of carbonyl (C=O) groups is 1. The second kappa shape index (κ2) is 6.49. The summed E-state index contributed by atoms with van der Waals surface area (Å²) < 4.78 is 14.3. The maximum absolute atomic E-state index is 13.0. The number of benzene rings is 1. The third-order valence-electron chi connectivity index (χ3n) is 2.71. The minimum absolute atomic E-state index is 0.0864. The van der Waals surface area contributed by atoms with Crippen LogP contribution in [0.1, 0.15) is 23.8 Å². The molecule has 110 valence electrons. The summed E-state index contributed by atoms with van der Waals surface area (Å²) in [6.45, 7) is 2.34. The van der Waals surface area contributed by atoms with E-state index in [4.69, 9.17) is 11.6 Å². The summed E-state index contributed by atoms with van der Waals surface area (Å²) in [7, 11) is 0. The minimum atomic E-state index is -0.565. The number of hydrogen-bond acceptors (Lipinski definition) is 3. The van der Waals surface area contributed by atoms with Gasteiger partial charge in [0.1, 0.15) is 11.5 Å². The van der Waals surface area contributed by atoms with Gasteiger partial charge in [-0.3, -0.25) is 9.59 Å². The molecule has 1 heterocycles. The van der Waals surface area contributed by atoms with Crippen molar-refractivity contribution in [2.24, 2.45) is 0 Å². The summed E-state index contributed by atoms with van der Waals surface area (Å²) in [5.41, 5.74) is 0.183. The largest absolute Gasteiger partial charge is 0.321 e. The SMILES string of the molecule is CCCn1nc(C(=O)Nc2ccc(F)c(Cl)c2)ccc1=O. The Hall–Kier alpha value is -2.21. The normalized spacial score (nSPS) is 10.4. The lowest BCUT2D eigenvalue weighted by Crippen LogP contribution is -2.26. The summed E-state index contributed by atoms with van der Waals surface area (Å²) in [5.74, 6) is -1.06. The number of nitrogens with one attached hydrogen (secondary N) is 1. The van der Waals surface area contributed by atoms with Crippen molar-refractivity contribution in [3.8, 4) is 0 Å². The van der Waals surface area contributed by atoms with E-state index in [1.165, 1.54) is 28.9 Å². The van der Waals surface area contributed by atoms with Gasteiger partial charge in [-0.05, 0) is 30.7 Å². The second-order valence-corrected chi connectivity index (χ2v) is 4.77. The summed E-state index contributed by atoms with van der Waals surface area (Å²) in [6, 6.07) is 6.48. The molecule has 1 amide bonds. The molecule has 2 aromatic rings. The van der Waals surface area contributed by atoms with E-state index in [0.717, 1.165) is 12.5 Å². The molecule has 21 heavy (non-hydrogen) atoms. The lowest BCUT2D eigenvalue weighted by atomic mass is 10.3. The molecule has 0 aliphatic heterocycles. The van der Waals surface area contributed by atoms with E-state index in [9.17, 15) is 14.0 Å². The van der Waals surface area contributed by atoms with Gasteiger partial charge in [0.05, 0.1) is 5.02 Å². The van der Waals surface area contributed by atoms with Gasteiger partial charge >= 0.3 is 0 Å². The molecule has 0 aliphatic carbocycles. The van der Waals surface area contributed by atoms with Crippen LogP contribution in [0.2, 0.25) is 5.02 Å². The van der Waals surface area contributed by atoms with Crippen molar-refractivity contribution in [2.45, 2.75) is 19.9 Å². The topological polar surface area (TPSA) is 64.0 Å². The van der Waals surface area contributed by atoms with E-state index < -0.39 is 11.7 Å². The third kappa shape index (κ3) is 3.66. The van der Waals surface area contributed by atoms with Crippen LogP contribution in [-0.2, 0) is 6.54 Å². The Labute approximate surface area is 125 Å². The number of aromatic nitrogens is 2. The van der Waals surface area contributed by atoms with Gasteiger partial charge in [0.2, 0.25) is 0 Å². The maximum Gasteiger partial charge on any atom is 0.276 e. The standard InChI is InChI=1S/C14H13ClFN3O2/c1-2-7-19-13(20)6-5-12(18-19)14(21)17-9-3-4-11(16)10(15)8-9/h3-6,8H,2,7H2,1H3,(H,17,21). The zero-order valence-electron chi connectivity index (χ0n) is 11.3. The van der Waals surface area contributed by atoms with Crippen LogP contribution in [0.4, 0.5) is 10.1 Å². The summed E-state index contributed by atoms with van der Waals surface area (Å²) in [4.78, 5) is 23.6. The predicted octanol–water partition coefficient (Wildman–Crippen LogP) is 2.70.